The third kappa shape index (κ3) is 4.73. The standard InChI is InChI=1S/C24H30O12/c1-10-14-15(17(27)20(10)35-21(30)11-6-4-3-5-7-11)12(22(31)32-2)9-33-23(14)36-24-19(29)18(28)16(26)13(8-25)34-24/h3-7,9-10,13-20,23-29H,8H2,1-2H3/t10-,13-,14-,15-,16-,17?,18+,19-,20-,23+,24+/m1/s1. The molecule has 1 aliphatic carbocycles. The zero-order valence-electron chi connectivity index (χ0n) is 19.6. The van der Waals surface area contributed by atoms with Crippen molar-refractivity contribution in [3.05, 3.63) is 47.7 Å². The second kappa shape index (κ2) is 10.8. The number of hydrogen-bond donors (Lipinski definition) is 5. The van der Waals surface area contributed by atoms with Gasteiger partial charge in [-0.3, -0.25) is 0 Å². The van der Waals surface area contributed by atoms with Crippen molar-refractivity contribution in [2.24, 2.45) is 17.8 Å². The quantitative estimate of drug-likeness (QED) is 0.285. The lowest BCUT2D eigenvalue weighted by Gasteiger charge is -2.43. The van der Waals surface area contributed by atoms with E-state index >= 15 is 0 Å². The smallest absolute Gasteiger partial charge is 0.338 e. The molecular weight excluding hydrogens is 480 g/mol. The minimum absolute atomic E-state index is 0.00811. The molecule has 1 saturated heterocycles. The van der Waals surface area contributed by atoms with Crippen molar-refractivity contribution in [1.29, 1.82) is 0 Å². The summed E-state index contributed by atoms with van der Waals surface area (Å²) in [4.78, 5) is 25.2. The van der Waals surface area contributed by atoms with Gasteiger partial charge in [0.1, 0.15) is 30.5 Å². The van der Waals surface area contributed by atoms with Gasteiger partial charge in [-0.2, -0.15) is 0 Å². The number of methoxy groups -OCH3 is 1. The molecule has 2 fully saturated rings. The van der Waals surface area contributed by atoms with Crippen molar-refractivity contribution in [1.82, 2.24) is 0 Å². The van der Waals surface area contributed by atoms with Crippen LogP contribution in [0.15, 0.2) is 42.2 Å². The number of ether oxygens (including phenoxy) is 5. The van der Waals surface area contributed by atoms with Gasteiger partial charge in [-0.1, -0.05) is 25.1 Å². The molecule has 12 heteroatoms. The first-order valence-electron chi connectivity index (χ1n) is 11.5. The molecule has 1 aromatic rings. The Balaban J connectivity index is 1.60. The van der Waals surface area contributed by atoms with E-state index in [1.165, 1.54) is 7.11 Å². The lowest BCUT2D eigenvalue weighted by Crippen LogP contribution is -2.60. The molecule has 1 unspecified atom stereocenters. The maximum Gasteiger partial charge on any atom is 0.338 e. The average molecular weight is 510 g/mol. The molecule has 2 heterocycles. The number of benzene rings is 1. The van der Waals surface area contributed by atoms with E-state index in [0.29, 0.717) is 0 Å². The molecule has 36 heavy (non-hydrogen) atoms. The Morgan fingerprint density at radius 2 is 1.64 bits per heavy atom. The Labute approximate surface area is 206 Å². The van der Waals surface area contributed by atoms with Crippen molar-refractivity contribution >= 4 is 11.9 Å². The molecule has 0 spiro atoms. The molecule has 0 aromatic heterocycles. The van der Waals surface area contributed by atoms with Gasteiger partial charge < -0.3 is 49.2 Å². The van der Waals surface area contributed by atoms with Gasteiger partial charge >= 0.3 is 11.9 Å². The molecule has 0 bridgehead atoms. The first-order chi connectivity index (χ1) is 17.2. The van der Waals surface area contributed by atoms with Gasteiger partial charge in [0.05, 0.1) is 37.2 Å². The predicted octanol–water partition coefficient (Wildman–Crippen LogP) is -1.32. The number of esters is 2. The van der Waals surface area contributed by atoms with Gasteiger partial charge in [0.2, 0.25) is 6.29 Å². The lowest BCUT2D eigenvalue weighted by molar-refractivity contribution is -0.343. The summed E-state index contributed by atoms with van der Waals surface area (Å²) in [5, 5.41) is 51.1. The zero-order chi connectivity index (χ0) is 26.1. The van der Waals surface area contributed by atoms with Crippen LogP contribution in [0.5, 0.6) is 0 Å². The zero-order valence-corrected chi connectivity index (χ0v) is 19.6. The number of rotatable bonds is 6. The Bertz CT molecular complexity index is 965. The van der Waals surface area contributed by atoms with Crippen molar-refractivity contribution in [3.63, 3.8) is 0 Å². The number of hydrogen-bond acceptors (Lipinski definition) is 12. The number of carbonyl (C=O) groups is 2. The van der Waals surface area contributed by atoms with Crippen LogP contribution in [0.1, 0.15) is 17.3 Å². The second-order valence-corrected chi connectivity index (χ2v) is 9.09. The molecule has 11 atom stereocenters. The van der Waals surface area contributed by atoms with E-state index in [0.717, 1.165) is 6.26 Å². The van der Waals surface area contributed by atoms with E-state index in [1.54, 1.807) is 37.3 Å². The summed E-state index contributed by atoms with van der Waals surface area (Å²) >= 11 is 0. The highest BCUT2D eigenvalue weighted by molar-refractivity contribution is 5.90. The number of aliphatic hydroxyl groups is 5. The third-order valence-electron chi connectivity index (χ3n) is 7.04. The van der Waals surface area contributed by atoms with Crippen molar-refractivity contribution in [2.45, 2.75) is 56.1 Å². The number of fused-ring (bicyclic) bond motifs is 1. The topological polar surface area (TPSA) is 181 Å². The summed E-state index contributed by atoms with van der Waals surface area (Å²) in [6.07, 6.45) is -10.2. The van der Waals surface area contributed by atoms with Gasteiger partial charge in [-0.25, -0.2) is 9.59 Å². The SMILES string of the molecule is COC(=O)C1=CO[C@@H](O[C@@H]2O[C@H](CO)[C@@H](O)[C@H](O)[C@H]2O)[C@@H]2[C@@H](C)[C@@H](OC(=O)c3ccccc3)C(O)[C@H]12. The predicted molar refractivity (Wildman–Crippen MR) is 118 cm³/mol. The summed E-state index contributed by atoms with van der Waals surface area (Å²) in [5.74, 6) is -3.73. The molecular formula is C24H30O12. The minimum atomic E-state index is -1.69. The molecule has 0 amide bonds. The second-order valence-electron chi connectivity index (χ2n) is 9.09. The Morgan fingerprint density at radius 1 is 0.944 bits per heavy atom. The van der Waals surface area contributed by atoms with E-state index in [-0.39, 0.29) is 11.1 Å². The maximum atomic E-state index is 12.7. The molecule has 12 nitrogen and oxygen atoms in total. The van der Waals surface area contributed by atoms with Crippen molar-refractivity contribution in [2.75, 3.05) is 13.7 Å². The van der Waals surface area contributed by atoms with E-state index in [4.69, 9.17) is 23.7 Å². The van der Waals surface area contributed by atoms with Gasteiger partial charge in [0, 0.05) is 17.8 Å². The van der Waals surface area contributed by atoms with Crippen LogP contribution >= 0.6 is 0 Å². The highest BCUT2D eigenvalue weighted by atomic mass is 16.8. The summed E-state index contributed by atoms with van der Waals surface area (Å²) in [7, 11) is 1.17. The van der Waals surface area contributed by atoms with Crippen LogP contribution in [0.4, 0.5) is 0 Å². The first-order valence-corrected chi connectivity index (χ1v) is 11.5. The van der Waals surface area contributed by atoms with Crippen molar-refractivity contribution < 1.29 is 58.8 Å². The summed E-state index contributed by atoms with van der Waals surface area (Å²) in [5.41, 5.74) is 0.287. The summed E-state index contributed by atoms with van der Waals surface area (Å²) < 4.78 is 27.3. The molecule has 1 saturated carbocycles. The van der Waals surface area contributed by atoms with Crippen LogP contribution in [0.2, 0.25) is 0 Å². The molecule has 1 aromatic carbocycles. The molecule has 3 aliphatic rings. The lowest BCUT2D eigenvalue weighted by atomic mass is 9.82. The van der Waals surface area contributed by atoms with Crippen LogP contribution in [0.25, 0.3) is 0 Å². The fourth-order valence-corrected chi connectivity index (χ4v) is 5.09. The fourth-order valence-electron chi connectivity index (χ4n) is 5.09. The first kappa shape index (κ1) is 26.5. The van der Waals surface area contributed by atoms with E-state index < -0.39 is 85.5 Å². The van der Waals surface area contributed by atoms with Crippen molar-refractivity contribution in [3.8, 4) is 0 Å². The van der Waals surface area contributed by atoms with Crippen LogP contribution in [-0.4, -0.2) is 100 Å². The normalized spacial score (nSPS) is 40.0. The van der Waals surface area contributed by atoms with E-state index in [9.17, 15) is 35.1 Å². The van der Waals surface area contributed by atoms with Crippen LogP contribution < -0.4 is 0 Å². The van der Waals surface area contributed by atoms with Gasteiger partial charge in [0.25, 0.3) is 0 Å². The van der Waals surface area contributed by atoms with Gasteiger partial charge in [-0.15, -0.1) is 0 Å². The largest absolute Gasteiger partial charge is 0.472 e. The van der Waals surface area contributed by atoms with E-state index in [2.05, 4.69) is 0 Å². The minimum Gasteiger partial charge on any atom is -0.472 e. The fraction of sp³-hybridized carbons (Fsp3) is 0.583. The molecule has 2 aliphatic heterocycles. The monoisotopic (exact) mass is 510 g/mol. The Morgan fingerprint density at radius 3 is 2.28 bits per heavy atom. The third-order valence-corrected chi connectivity index (χ3v) is 7.04. The summed E-state index contributed by atoms with van der Waals surface area (Å²) in [6, 6.07) is 8.21. The molecule has 4 rings (SSSR count). The molecule has 198 valence electrons. The van der Waals surface area contributed by atoms with Crippen LogP contribution in [0, 0.1) is 17.8 Å². The Kier molecular flexibility index (Phi) is 7.95. The Hall–Kier alpha value is -2.58. The molecule has 0 radical (unpaired) electrons. The average Bonchev–Trinajstić information content (AvgIpc) is 3.14. The maximum absolute atomic E-state index is 12.7. The summed E-state index contributed by atoms with van der Waals surface area (Å²) in [6.45, 7) is 1.03. The van der Waals surface area contributed by atoms with Crippen LogP contribution in [-0.2, 0) is 28.5 Å². The van der Waals surface area contributed by atoms with E-state index in [1.807, 2.05) is 0 Å². The van der Waals surface area contributed by atoms with Crippen LogP contribution in [0.3, 0.4) is 0 Å². The van der Waals surface area contributed by atoms with Gasteiger partial charge in [-0.05, 0) is 12.1 Å². The number of carbonyl (C=O) groups excluding carboxylic acids is 2. The highest BCUT2D eigenvalue weighted by Crippen LogP contribution is 2.49. The molecule has 5 N–H and O–H groups in total. The highest BCUT2D eigenvalue weighted by Gasteiger charge is 2.59. The van der Waals surface area contributed by atoms with Gasteiger partial charge in [0.15, 0.2) is 6.29 Å². The number of aliphatic hydroxyl groups excluding tert-OH is 5.